The highest BCUT2D eigenvalue weighted by atomic mass is 32.2. The number of ether oxygens (including phenoxy) is 1. The van der Waals surface area contributed by atoms with E-state index in [4.69, 9.17) is 4.74 Å². The minimum Gasteiger partial charge on any atom is -0.492 e. The average molecular weight is 435 g/mol. The summed E-state index contributed by atoms with van der Waals surface area (Å²) in [7, 11) is -3.95. The Bertz CT molecular complexity index is 939. The van der Waals surface area contributed by atoms with Crippen LogP contribution in [0.25, 0.3) is 0 Å². The molecule has 0 radical (unpaired) electrons. The molecule has 1 saturated heterocycles. The zero-order chi connectivity index (χ0) is 20.9. The number of carbonyl (C=O) groups excluding carboxylic acids is 1. The van der Waals surface area contributed by atoms with E-state index in [9.17, 15) is 13.2 Å². The van der Waals surface area contributed by atoms with Gasteiger partial charge < -0.3 is 9.64 Å². The van der Waals surface area contributed by atoms with Crippen molar-refractivity contribution in [2.45, 2.75) is 29.6 Å². The number of hydrogen-bond acceptors (Lipinski definition) is 5. The fourth-order valence-corrected chi connectivity index (χ4v) is 5.14. The number of amides is 1. The summed E-state index contributed by atoms with van der Waals surface area (Å²) in [6.45, 7) is 3.32. The molecule has 0 saturated carbocycles. The quantitative estimate of drug-likeness (QED) is 0.594. The van der Waals surface area contributed by atoms with Gasteiger partial charge in [0.15, 0.2) is 0 Å². The van der Waals surface area contributed by atoms with Crippen molar-refractivity contribution in [3.63, 3.8) is 0 Å². The summed E-state index contributed by atoms with van der Waals surface area (Å²) < 4.78 is 33.9. The molecule has 2 aromatic carbocycles. The summed E-state index contributed by atoms with van der Waals surface area (Å²) in [5.74, 6) is 0.242. The van der Waals surface area contributed by atoms with Crippen LogP contribution in [0.3, 0.4) is 0 Å². The third-order valence-corrected chi connectivity index (χ3v) is 7.34. The van der Waals surface area contributed by atoms with Crippen LogP contribution >= 0.6 is 11.8 Å². The number of nitrogens with zero attached hydrogens (tertiary/aromatic N) is 2. The lowest BCUT2D eigenvalue weighted by Gasteiger charge is -2.27. The van der Waals surface area contributed by atoms with E-state index in [0.29, 0.717) is 31.1 Å². The maximum atomic E-state index is 13.5. The van der Waals surface area contributed by atoms with Crippen molar-refractivity contribution in [3.8, 4) is 5.75 Å². The number of rotatable bonds is 8. The number of thioether (sulfide) groups is 1. The van der Waals surface area contributed by atoms with Gasteiger partial charge in [-0.05, 0) is 62.4 Å². The molecule has 0 atom stereocenters. The average Bonchev–Trinajstić information content (AvgIpc) is 3.28. The van der Waals surface area contributed by atoms with Gasteiger partial charge in [0.1, 0.15) is 12.3 Å². The van der Waals surface area contributed by atoms with Crippen LogP contribution in [0, 0.1) is 0 Å². The van der Waals surface area contributed by atoms with E-state index < -0.39 is 10.0 Å². The Hall–Kier alpha value is -2.19. The number of carbonyl (C=O) groups is 1. The van der Waals surface area contributed by atoms with Crippen molar-refractivity contribution in [3.05, 3.63) is 48.5 Å². The Morgan fingerprint density at radius 2 is 1.76 bits per heavy atom. The molecule has 8 heteroatoms. The molecule has 1 amide bonds. The molecule has 1 heterocycles. The smallest absolute Gasteiger partial charge is 0.264 e. The molecule has 29 heavy (non-hydrogen) atoms. The molecule has 1 aliphatic heterocycles. The Kier molecular flexibility index (Phi) is 7.08. The van der Waals surface area contributed by atoms with Crippen LogP contribution in [0.2, 0.25) is 0 Å². The maximum absolute atomic E-state index is 13.5. The minimum atomic E-state index is -3.95. The van der Waals surface area contributed by atoms with E-state index in [-0.39, 0.29) is 17.3 Å². The summed E-state index contributed by atoms with van der Waals surface area (Å²) in [6.07, 6.45) is 3.83. The first kappa shape index (κ1) is 21.5. The SMILES string of the molecule is CCOc1ccccc1N(CC(=O)N1CCCC1)S(=O)(=O)c1ccc(SC)cc1. The van der Waals surface area contributed by atoms with Gasteiger partial charge in [-0.1, -0.05) is 12.1 Å². The molecule has 156 valence electrons. The van der Waals surface area contributed by atoms with Crippen molar-refractivity contribution in [1.82, 2.24) is 4.90 Å². The lowest BCUT2D eigenvalue weighted by atomic mass is 10.3. The number of anilines is 1. The van der Waals surface area contributed by atoms with Crippen LogP contribution in [-0.2, 0) is 14.8 Å². The van der Waals surface area contributed by atoms with Gasteiger partial charge in [-0.3, -0.25) is 9.10 Å². The largest absolute Gasteiger partial charge is 0.492 e. The van der Waals surface area contributed by atoms with Crippen molar-refractivity contribution in [1.29, 1.82) is 0 Å². The number of benzene rings is 2. The van der Waals surface area contributed by atoms with E-state index in [1.54, 1.807) is 65.2 Å². The normalized spacial score (nSPS) is 14.1. The molecular weight excluding hydrogens is 408 g/mol. The number of hydrogen-bond donors (Lipinski definition) is 0. The molecule has 0 aliphatic carbocycles. The molecular formula is C21H26N2O4S2. The third kappa shape index (κ3) is 4.87. The van der Waals surface area contributed by atoms with Crippen LogP contribution in [0.1, 0.15) is 19.8 Å². The summed E-state index contributed by atoms with van der Waals surface area (Å²) in [5.41, 5.74) is 0.371. The number of likely N-dealkylation sites (tertiary alicyclic amines) is 1. The molecule has 0 bridgehead atoms. The fourth-order valence-electron chi connectivity index (χ4n) is 3.30. The first-order chi connectivity index (χ1) is 14.0. The predicted molar refractivity (Wildman–Crippen MR) is 116 cm³/mol. The molecule has 0 unspecified atom stereocenters. The summed E-state index contributed by atoms with van der Waals surface area (Å²) in [6, 6.07) is 13.6. The molecule has 1 aliphatic rings. The molecule has 0 N–H and O–H groups in total. The summed E-state index contributed by atoms with van der Waals surface area (Å²) in [5, 5.41) is 0. The van der Waals surface area contributed by atoms with Crippen molar-refractivity contribution in [2.24, 2.45) is 0 Å². The van der Waals surface area contributed by atoms with Crippen molar-refractivity contribution >= 4 is 33.4 Å². The first-order valence-corrected chi connectivity index (χ1v) is 12.3. The zero-order valence-electron chi connectivity index (χ0n) is 16.7. The van der Waals surface area contributed by atoms with E-state index in [0.717, 1.165) is 17.7 Å². The van der Waals surface area contributed by atoms with Gasteiger partial charge in [0, 0.05) is 18.0 Å². The van der Waals surface area contributed by atoms with Crippen LogP contribution in [0.4, 0.5) is 5.69 Å². The highest BCUT2D eigenvalue weighted by molar-refractivity contribution is 7.98. The number of para-hydroxylation sites is 2. The van der Waals surface area contributed by atoms with Gasteiger partial charge in [-0.15, -0.1) is 11.8 Å². The topological polar surface area (TPSA) is 66.9 Å². The lowest BCUT2D eigenvalue weighted by Crippen LogP contribution is -2.42. The third-order valence-electron chi connectivity index (χ3n) is 4.82. The van der Waals surface area contributed by atoms with Crippen LogP contribution in [-0.4, -0.2) is 51.7 Å². The van der Waals surface area contributed by atoms with E-state index >= 15 is 0 Å². The molecule has 2 aromatic rings. The number of sulfonamides is 1. The van der Waals surface area contributed by atoms with Crippen molar-refractivity contribution < 1.29 is 17.9 Å². The summed E-state index contributed by atoms with van der Waals surface area (Å²) in [4.78, 5) is 15.7. The molecule has 0 aromatic heterocycles. The Labute approximate surface area is 176 Å². The second kappa shape index (κ2) is 9.54. The monoisotopic (exact) mass is 434 g/mol. The predicted octanol–water partition coefficient (Wildman–Crippen LogP) is 3.62. The van der Waals surface area contributed by atoms with Gasteiger partial charge in [0.05, 0.1) is 17.2 Å². The Morgan fingerprint density at radius 1 is 1.10 bits per heavy atom. The van der Waals surface area contributed by atoms with Crippen molar-refractivity contribution in [2.75, 3.05) is 36.8 Å². The van der Waals surface area contributed by atoms with Gasteiger partial charge in [-0.25, -0.2) is 8.42 Å². The summed E-state index contributed by atoms with van der Waals surface area (Å²) >= 11 is 1.54. The maximum Gasteiger partial charge on any atom is 0.264 e. The molecule has 1 fully saturated rings. The molecule has 6 nitrogen and oxygen atoms in total. The second-order valence-corrected chi connectivity index (χ2v) is 9.42. The van der Waals surface area contributed by atoms with E-state index in [1.807, 2.05) is 13.2 Å². The van der Waals surface area contributed by atoms with E-state index in [1.165, 1.54) is 4.31 Å². The van der Waals surface area contributed by atoms with E-state index in [2.05, 4.69) is 0 Å². The van der Waals surface area contributed by atoms with Crippen LogP contribution in [0.5, 0.6) is 5.75 Å². The van der Waals surface area contributed by atoms with Crippen LogP contribution in [0.15, 0.2) is 58.3 Å². The van der Waals surface area contributed by atoms with Gasteiger partial charge >= 0.3 is 0 Å². The second-order valence-electron chi connectivity index (χ2n) is 6.68. The Morgan fingerprint density at radius 3 is 2.38 bits per heavy atom. The van der Waals surface area contributed by atoms with Gasteiger partial charge in [0.2, 0.25) is 5.91 Å². The fraction of sp³-hybridized carbons (Fsp3) is 0.381. The first-order valence-electron chi connectivity index (χ1n) is 9.63. The standard InChI is InChI=1S/C21H26N2O4S2/c1-3-27-20-9-5-4-8-19(20)23(16-21(24)22-14-6-7-15-22)29(25,26)18-12-10-17(28-2)11-13-18/h4-5,8-13H,3,6-7,14-16H2,1-2H3. The molecule has 0 spiro atoms. The van der Waals surface area contributed by atoms with Gasteiger partial charge in [-0.2, -0.15) is 0 Å². The zero-order valence-corrected chi connectivity index (χ0v) is 18.3. The highest BCUT2D eigenvalue weighted by Gasteiger charge is 2.31. The van der Waals surface area contributed by atoms with Crippen LogP contribution < -0.4 is 9.04 Å². The lowest BCUT2D eigenvalue weighted by molar-refractivity contribution is -0.128. The molecule has 3 rings (SSSR count). The van der Waals surface area contributed by atoms with Gasteiger partial charge in [0.25, 0.3) is 10.0 Å². The minimum absolute atomic E-state index is 0.149. The highest BCUT2D eigenvalue weighted by Crippen LogP contribution is 2.33. The Balaban J connectivity index is 2.02.